The molecule has 0 bridgehead atoms. The van der Waals surface area contributed by atoms with E-state index in [1.54, 1.807) is 47.3 Å². The van der Waals surface area contributed by atoms with Crippen LogP contribution >= 0.6 is 0 Å². The van der Waals surface area contributed by atoms with E-state index in [1.165, 1.54) is 0 Å². The molecular weight excluding hydrogens is 396 g/mol. The third-order valence-electron chi connectivity index (χ3n) is 4.82. The number of benzene rings is 2. The Morgan fingerprint density at radius 3 is 2.52 bits per heavy atom. The Kier molecular flexibility index (Phi) is 5.65. The van der Waals surface area contributed by atoms with Crippen molar-refractivity contribution in [2.24, 2.45) is 0 Å². The number of nitrogens with one attached hydrogen (secondary N) is 2. The number of amides is 2. The second-order valence-electron chi connectivity index (χ2n) is 7.10. The monoisotopic (exact) mass is 418 g/mol. The number of hydrogen-bond acceptors (Lipinski definition) is 7. The molecule has 0 aliphatic carbocycles. The van der Waals surface area contributed by atoms with E-state index in [0.717, 1.165) is 11.3 Å². The van der Waals surface area contributed by atoms with E-state index in [9.17, 15) is 9.59 Å². The maximum absolute atomic E-state index is 12.0. The Morgan fingerprint density at radius 1 is 1.06 bits per heavy atom. The number of carbonyl (C=O) groups is 2. The lowest BCUT2D eigenvalue weighted by molar-refractivity contribution is -0.117. The summed E-state index contributed by atoms with van der Waals surface area (Å²) in [6.45, 7) is 0.470. The van der Waals surface area contributed by atoms with Crippen molar-refractivity contribution < 1.29 is 14.3 Å². The number of aromatic nitrogens is 2. The smallest absolute Gasteiger partial charge is 0.411 e. The third kappa shape index (κ3) is 4.72. The first-order valence-corrected chi connectivity index (χ1v) is 9.69. The molecule has 4 rings (SSSR count). The van der Waals surface area contributed by atoms with E-state index in [0.29, 0.717) is 23.1 Å². The highest BCUT2D eigenvalue weighted by atomic mass is 16.5. The number of carbonyl (C=O) groups excluding carboxylic acids is 2. The van der Waals surface area contributed by atoms with Gasteiger partial charge in [0.2, 0.25) is 11.9 Å². The molecule has 158 valence electrons. The summed E-state index contributed by atoms with van der Waals surface area (Å²) in [4.78, 5) is 36.1. The lowest BCUT2D eigenvalue weighted by atomic mass is 10.2. The van der Waals surface area contributed by atoms with Gasteiger partial charge in [0, 0.05) is 25.5 Å². The predicted octanol–water partition coefficient (Wildman–Crippen LogP) is 3.38. The standard InChI is InChI=1S/C22H22N6O3/c1-27-13-19(29)28(2)18-12-23-21(26-20(18)27)24-16-8-10-17(11-9-16)25-22(30)31-14-15-6-4-3-5-7-15/h3-12H,13-14H2,1-2H3,(H,25,30)(H,23,24,26). The molecule has 0 fully saturated rings. The Balaban J connectivity index is 1.36. The average Bonchev–Trinajstić information content (AvgIpc) is 2.78. The van der Waals surface area contributed by atoms with Crippen molar-refractivity contribution in [1.29, 1.82) is 0 Å². The summed E-state index contributed by atoms with van der Waals surface area (Å²) in [7, 11) is 3.53. The number of rotatable bonds is 5. The maximum atomic E-state index is 12.0. The molecule has 1 aromatic heterocycles. The SMILES string of the molecule is CN1CC(=O)N(C)c2cnc(Nc3ccc(NC(=O)OCc4ccccc4)cc3)nc21. The fourth-order valence-electron chi connectivity index (χ4n) is 3.11. The van der Waals surface area contributed by atoms with Crippen molar-refractivity contribution in [3.63, 3.8) is 0 Å². The summed E-state index contributed by atoms with van der Waals surface area (Å²) < 4.78 is 5.22. The molecule has 0 saturated carbocycles. The van der Waals surface area contributed by atoms with Crippen molar-refractivity contribution in [1.82, 2.24) is 9.97 Å². The van der Waals surface area contributed by atoms with E-state index in [-0.39, 0.29) is 19.1 Å². The lowest BCUT2D eigenvalue weighted by Crippen LogP contribution is -2.42. The van der Waals surface area contributed by atoms with Crippen LogP contribution in [0.2, 0.25) is 0 Å². The predicted molar refractivity (Wildman–Crippen MR) is 119 cm³/mol. The molecule has 0 unspecified atom stereocenters. The number of anilines is 5. The van der Waals surface area contributed by atoms with Crippen LogP contribution in [0.25, 0.3) is 0 Å². The van der Waals surface area contributed by atoms with Crippen molar-refractivity contribution in [2.75, 3.05) is 41.1 Å². The Morgan fingerprint density at radius 2 is 1.77 bits per heavy atom. The van der Waals surface area contributed by atoms with Crippen LogP contribution in [0.15, 0.2) is 60.8 Å². The molecule has 0 atom stereocenters. The van der Waals surface area contributed by atoms with E-state index >= 15 is 0 Å². The van der Waals surface area contributed by atoms with Crippen molar-refractivity contribution >= 4 is 40.8 Å². The summed E-state index contributed by atoms with van der Waals surface area (Å²) in [5.41, 5.74) is 2.95. The molecule has 9 nitrogen and oxygen atoms in total. The van der Waals surface area contributed by atoms with Gasteiger partial charge in [-0.15, -0.1) is 0 Å². The third-order valence-corrected chi connectivity index (χ3v) is 4.82. The van der Waals surface area contributed by atoms with Gasteiger partial charge in [-0.2, -0.15) is 4.98 Å². The summed E-state index contributed by atoms with van der Waals surface area (Å²) in [6.07, 6.45) is 1.10. The van der Waals surface area contributed by atoms with Crippen LogP contribution in [-0.4, -0.2) is 42.6 Å². The molecule has 2 amide bonds. The number of fused-ring (bicyclic) bond motifs is 1. The zero-order valence-electron chi connectivity index (χ0n) is 17.2. The summed E-state index contributed by atoms with van der Waals surface area (Å²) in [6, 6.07) is 16.6. The van der Waals surface area contributed by atoms with Gasteiger partial charge in [-0.25, -0.2) is 9.78 Å². The Bertz CT molecular complexity index is 1090. The van der Waals surface area contributed by atoms with E-state index in [2.05, 4.69) is 20.6 Å². The maximum Gasteiger partial charge on any atom is 0.411 e. The number of ether oxygens (including phenoxy) is 1. The topological polar surface area (TPSA) is 99.7 Å². The van der Waals surface area contributed by atoms with Gasteiger partial charge in [0.05, 0.1) is 12.7 Å². The minimum Gasteiger partial charge on any atom is -0.444 e. The molecule has 9 heteroatoms. The van der Waals surface area contributed by atoms with Crippen LogP contribution in [0.5, 0.6) is 0 Å². The van der Waals surface area contributed by atoms with E-state index < -0.39 is 6.09 Å². The van der Waals surface area contributed by atoms with Gasteiger partial charge in [-0.1, -0.05) is 30.3 Å². The van der Waals surface area contributed by atoms with Crippen molar-refractivity contribution in [3.05, 3.63) is 66.4 Å². The highest BCUT2D eigenvalue weighted by Gasteiger charge is 2.26. The second-order valence-corrected chi connectivity index (χ2v) is 7.10. The fourth-order valence-corrected chi connectivity index (χ4v) is 3.11. The molecule has 0 spiro atoms. The van der Waals surface area contributed by atoms with Crippen LogP contribution in [0.3, 0.4) is 0 Å². The molecular formula is C22H22N6O3. The van der Waals surface area contributed by atoms with E-state index in [4.69, 9.17) is 4.74 Å². The molecule has 31 heavy (non-hydrogen) atoms. The molecule has 2 aromatic carbocycles. The normalized spacial score (nSPS) is 12.9. The zero-order valence-corrected chi connectivity index (χ0v) is 17.2. The van der Waals surface area contributed by atoms with Gasteiger partial charge < -0.3 is 19.9 Å². The molecule has 3 aromatic rings. The van der Waals surface area contributed by atoms with Crippen LogP contribution in [0, 0.1) is 0 Å². The van der Waals surface area contributed by atoms with Crippen molar-refractivity contribution in [2.45, 2.75) is 6.61 Å². The van der Waals surface area contributed by atoms with Gasteiger partial charge >= 0.3 is 6.09 Å². The van der Waals surface area contributed by atoms with Gasteiger partial charge in [0.25, 0.3) is 0 Å². The molecule has 2 heterocycles. The largest absolute Gasteiger partial charge is 0.444 e. The first-order valence-electron chi connectivity index (χ1n) is 9.69. The Hall–Kier alpha value is -4.14. The fraction of sp³-hybridized carbons (Fsp3) is 0.182. The number of nitrogens with zero attached hydrogens (tertiary/aromatic N) is 4. The molecule has 0 saturated heterocycles. The van der Waals surface area contributed by atoms with Gasteiger partial charge in [0.1, 0.15) is 12.3 Å². The number of hydrogen-bond donors (Lipinski definition) is 2. The van der Waals surface area contributed by atoms with Crippen LogP contribution < -0.4 is 20.4 Å². The Labute approximate surface area is 179 Å². The van der Waals surface area contributed by atoms with Gasteiger partial charge in [-0.05, 0) is 29.8 Å². The van der Waals surface area contributed by atoms with Gasteiger partial charge in [0.15, 0.2) is 5.82 Å². The van der Waals surface area contributed by atoms with Crippen LogP contribution in [-0.2, 0) is 16.1 Å². The lowest BCUT2D eigenvalue weighted by Gasteiger charge is -2.31. The van der Waals surface area contributed by atoms with Crippen LogP contribution in [0.1, 0.15) is 5.56 Å². The minimum absolute atomic E-state index is 0.00954. The van der Waals surface area contributed by atoms with Gasteiger partial charge in [-0.3, -0.25) is 10.1 Å². The summed E-state index contributed by atoms with van der Waals surface area (Å²) in [5.74, 6) is 1.08. The molecule has 0 radical (unpaired) electrons. The quantitative estimate of drug-likeness (QED) is 0.655. The average molecular weight is 418 g/mol. The first-order chi connectivity index (χ1) is 15.0. The molecule has 1 aliphatic rings. The molecule has 1 aliphatic heterocycles. The highest BCUT2D eigenvalue weighted by molar-refractivity contribution is 6.01. The van der Waals surface area contributed by atoms with Crippen molar-refractivity contribution in [3.8, 4) is 0 Å². The minimum atomic E-state index is -0.524. The van der Waals surface area contributed by atoms with Crippen LogP contribution in [0.4, 0.5) is 33.6 Å². The summed E-state index contributed by atoms with van der Waals surface area (Å²) >= 11 is 0. The molecule has 2 N–H and O–H groups in total. The second kappa shape index (κ2) is 8.70. The number of likely N-dealkylation sites (N-methyl/N-ethyl adjacent to an activating group) is 2. The first kappa shape index (κ1) is 20.1. The van der Waals surface area contributed by atoms with E-state index in [1.807, 2.05) is 37.4 Å². The summed E-state index contributed by atoms with van der Waals surface area (Å²) in [5, 5.41) is 5.83. The zero-order chi connectivity index (χ0) is 21.8. The highest BCUT2D eigenvalue weighted by Crippen LogP contribution is 2.30.